The van der Waals surface area contributed by atoms with Crippen LogP contribution in [0.25, 0.3) is 0 Å². The minimum atomic E-state index is -0.860. The van der Waals surface area contributed by atoms with Gasteiger partial charge < -0.3 is 15.3 Å². The first-order valence-corrected chi connectivity index (χ1v) is 6.53. The second kappa shape index (κ2) is 4.53. The molecule has 3 unspecified atom stereocenters. The van der Waals surface area contributed by atoms with Gasteiger partial charge in [0.2, 0.25) is 5.91 Å². The van der Waals surface area contributed by atoms with Gasteiger partial charge in [-0.1, -0.05) is 13.8 Å². The number of nitrogens with one attached hydrogen (secondary N) is 1. The van der Waals surface area contributed by atoms with Crippen LogP contribution in [0.3, 0.4) is 0 Å². The number of amides is 1. The normalized spacial score (nSPS) is 34.3. The summed E-state index contributed by atoms with van der Waals surface area (Å²) >= 11 is 0. The molecule has 0 aromatic rings. The lowest BCUT2D eigenvalue weighted by molar-refractivity contribution is -0.140. The van der Waals surface area contributed by atoms with Gasteiger partial charge >= 0.3 is 5.97 Å². The minimum absolute atomic E-state index is 0.0954. The van der Waals surface area contributed by atoms with Gasteiger partial charge in [-0.25, -0.2) is 0 Å². The Bertz CT molecular complexity index is 367. The average molecular weight is 254 g/mol. The minimum Gasteiger partial charge on any atom is -0.481 e. The Morgan fingerprint density at radius 3 is 2.50 bits per heavy atom. The molecule has 2 fully saturated rings. The van der Waals surface area contributed by atoms with Crippen molar-refractivity contribution in [3.05, 3.63) is 0 Å². The summed E-state index contributed by atoms with van der Waals surface area (Å²) in [5.74, 6) is -1.34. The van der Waals surface area contributed by atoms with Gasteiger partial charge in [0.25, 0.3) is 0 Å². The Balaban J connectivity index is 1.81. The number of carboxylic acids is 1. The Labute approximate surface area is 108 Å². The zero-order valence-electron chi connectivity index (χ0n) is 11.3. The number of rotatable bonds is 4. The van der Waals surface area contributed by atoms with Crippen molar-refractivity contribution in [2.45, 2.75) is 20.3 Å². The Hall–Kier alpha value is -1.10. The molecule has 0 bridgehead atoms. The number of nitrogens with zero attached hydrogens (tertiary/aromatic N) is 1. The fourth-order valence-corrected chi connectivity index (χ4v) is 3.14. The maximum absolute atomic E-state index is 12.0. The van der Waals surface area contributed by atoms with Gasteiger partial charge in [-0.3, -0.25) is 9.59 Å². The van der Waals surface area contributed by atoms with Crippen molar-refractivity contribution in [2.24, 2.45) is 23.2 Å². The Kier molecular flexibility index (Phi) is 3.36. The number of hydrogen-bond acceptors (Lipinski definition) is 3. The zero-order valence-corrected chi connectivity index (χ0v) is 11.3. The van der Waals surface area contributed by atoms with Crippen molar-refractivity contribution < 1.29 is 14.7 Å². The van der Waals surface area contributed by atoms with Crippen molar-refractivity contribution in [1.29, 1.82) is 0 Å². The number of carbonyl (C=O) groups is 2. The number of hydrogen-bond donors (Lipinski definition) is 2. The van der Waals surface area contributed by atoms with Gasteiger partial charge in [0, 0.05) is 13.1 Å². The van der Waals surface area contributed by atoms with Crippen molar-refractivity contribution in [1.82, 2.24) is 10.2 Å². The maximum atomic E-state index is 12.0. The molecule has 5 heteroatoms. The highest BCUT2D eigenvalue weighted by molar-refractivity contribution is 5.91. The molecule has 18 heavy (non-hydrogen) atoms. The van der Waals surface area contributed by atoms with Gasteiger partial charge in [0.1, 0.15) is 0 Å². The van der Waals surface area contributed by atoms with E-state index in [1.807, 2.05) is 13.8 Å². The van der Waals surface area contributed by atoms with Crippen LogP contribution in [0.1, 0.15) is 20.3 Å². The second-order valence-electron chi connectivity index (χ2n) is 6.28. The molecule has 1 saturated carbocycles. The fourth-order valence-electron chi connectivity index (χ4n) is 3.14. The summed E-state index contributed by atoms with van der Waals surface area (Å²) in [5.41, 5.74) is -0.400. The van der Waals surface area contributed by atoms with E-state index in [-0.39, 0.29) is 11.8 Å². The topological polar surface area (TPSA) is 69.6 Å². The average Bonchev–Trinajstić information content (AvgIpc) is 2.63. The standard InChI is InChI=1S/C13H22N2O3/c1-13(2)9(10(13)12(17)18)11(16)14-6-8-4-5-15(3)7-8/h8-10H,4-7H2,1-3H3,(H,14,16)(H,17,18). The van der Waals surface area contributed by atoms with Crippen LogP contribution in [0, 0.1) is 23.2 Å². The third kappa shape index (κ3) is 2.36. The van der Waals surface area contributed by atoms with Crippen LogP contribution in [0.2, 0.25) is 0 Å². The molecule has 102 valence electrons. The first-order chi connectivity index (χ1) is 8.34. The molecule has 2 rings (SSSR count). The molecule has 2 N–H and O–H groups in total. The molecule has 1 heterocycles. The second-order valence-corrected chi connectivity index (χ2v) is 6.28. The van der Waals surface area contributed by atoms with E-state index in [9.17, 15) is 9.59 Å². The number of likely N-dealkylation sites (tertiary alicyclic amines) is 1. The van der Waals surface area contributed by atoms with Crippen LogP contribution < -0.4 is 5.32 Å². The van der Waals surface area contributed by atoms with Crippen molar-refractivity contribution in [3.8, 4) is 0 Å². The largest absolute Gasteiger partial charge is 0.481 e. The molecule has 1 aliphatic heterocycles. The lowest BCUT2D eigenvalue weighted by Gasteiger charge is -2.12. The van der Waals surface area contributed by atoms with Crippen LogP contribution >= 0.6 is 0 Å². The van der Waals surface area contributed by atoms with E-state index in [4.69, 9.17) is 5.11 Å². The van der Waals surface area contributed by atoms with E-state index in [0.29, 0.717) is 12.5 Å². The Morgan fingerprint density at radius 1 is 1.39 bits per heavy atom. The van der Waals surface area contributed by atoms with Crippen molar-refractivity contribution in [3.63, 3.8) is 0 Å². The van der Waals surface area contributed by atoms with E-state index in [2.05, 4.69) is 17.3 Å². The van der Waals surface area contributed by atoms with Crippen molar-refractivity contribution >= 4 is 11.9 Å². The molecule has 5 nitrogen and oxygen atoms in total. The zero-order chi connectivity index (χ0) is 13.5. The highest BCUT2D eigenvalue weighted by Crippen LogP contribution is 2.58. The number of carbonyl (C=O) groups excluding carboxylic acids is 1. The molecule has 2 aliphatic rings. The van der Waals surface area contributed by atoms with Gasteiger partial charge in [-0.2, -0.15) is 0 Å². The lowest BCUT2D eigenvalue weighted by Crippen LogP contribution is -2.32. The van der Waals surface area contributed by atoms with Crippen LogP contribution in [-0.4, -0.2) is 48.6 Å². The molecular weight excluding hydrogens is 232 g/mol. The van der Waals surface area contributed by atoms with E-state index in [0.717, 1.165) is 19.5 Å². The maximum Gasteiger partial charge on any atom is 0.307 e. The summed E-state index contributed by atoms with van der Waals surface area (Å²) in [6.07, 6.45) is 1.10. The highest BCUT2D eigenvalue weighted by Gasteiger charge is 2.65. The summed E-state index contributed by atoms with van der Waals surface area (Å²) in [4.78, 5) is 25.2. The summed E-state index contributed by atoms with van der Waals surface area (Å²) < 4.78 is 0. The van der Waals surface area contributed by atoms with Gasteiger partial charge in [0.15, 0.2) is 0 Å². The summed E-state index contributed by atoms with van der Waals surface area (Å²) in [6.45, 7) is 6.45. The highest BCUT2D eigenvalue weighted by atomic mass is 16.4. The molecule has 0 aromatic heterocycles. The van der Waals surface area contributed by atoms with Gasteiger partial charge in [0.05, 0.1) is 11.8 Å². The first kappa shape index (κ1) is 13.3. The molecule has 1 amide bonds. The van der Waals surface area contributed by atoms with Crippen LogP contribution in [-0.2, 0) is 9.59 Å². The predicted octanol–water partition coefficient (Wildman–Crippen LogP) is 0.411. The SMILES string of the molecule is CN1CCC(CNC(=O)C2C(C(=O)O)C2(C)C)C1. The summed E-state index contributed by atoms with van der Waals surface area (Å²) in [5, 5.41) is 12.0. The van der Waals surface area contributed by atoms with Crippen molar-refractivity contribution in [2.75, 3.05) is 26.7 Å². The molecule has 3 atom stereocenters. The van der Waals surface area contributed by atoms with E-state index >= 15 is 0 Å². The molecule has 0 spiro atoms. The fraction of sp³-hybridized carbons (Fsp3) is 0.846. The molecule has 0 aromatic carbocycles. The summed E-state index contributed by atoms with van der Waals surface area (Å²) in [6, 6.07) is 0. The smallest absolute Gasteiger partial charge is 0.307 e. The number of carboxylic acid groups (broad SMARTS) is 1. The molecule has 1 saturated heterocycles. The van der Waals surface area contributed by atoms with E-state index in [1.54, 1.807) is 0 Å². The molecular formula is C13H22N2O3. The molecule has 0 radical (unpaired) electrons. The van der Waals surface area contributed by atoms with Crippen LogP contribution in [0.5, 0.6) is 0 Å². The van der Waals surface area contributed by atoms with Crippen LogP contribution in [0.4, 0.5) is 0 Å². The van der Waals surface area contributed by atoms with Gasteiger partial charge in [-0.15, -0.1) is 0 Å². The first-order valence-electron chi connectivity index (χ1n) is 6.53. The quantitative estimate of drug-likeness (QED) is 0.762. The number of aliphatic carboxylic acids is 1. The van der Waals surface area contributed by atoms with E-state index in [1.165, 1.54) is 0 Å². The molecule has 1 aliphatic carbocycles. The van der Waals surface area contributed by atoms with Gasteiger partial charge in [-0.05, 0) is 31.3 Å². The Morgan fingerprint density at radius 2 is 2.06 bits per heavy atom. The summed E-state index contributed by atoms with van der Waals surface area (Å²) in [7, 11) is 2.08. The predicted molar refractivity (Wildman–Crippen MR) is 67.0 cm³/mol. The lowest BCUT2D eigenvalue weighted by atomic mass is 10.1. The van der Waals surface area contributed by atoms with E-state index < -0.39 is 17.3 Å². The monoisotopic (exact) mass is 254 g/mol. The van der Waals surface area contributed by atoms with Crippen LogP contribution in [0.15, 0.2) is 0 Å². The third-order valence-corrected chi connectivity index (χ3v) is 4.43. The third-order valence-electron chi connectivity index (χ3n) is 4.43.